The SMILES string of the molecule is Cc1c(Cn2ccc(OCCc3cccs3)cc2=O)cccc1-n1c(N)c2c(cc1=O)C(=O)NC2=O. The molecule has 0 aliphatic carbocycles. The van der Waals surface area contributed by atoms with Crippen LogP contribution in [0.25, 0.3) is 5.69 Å². The second-order valence-electron chi connectivity index (χ2n) is 8.34. The number of nitrogens with two attached hydrogens (primary N) is 1. The fourth-order valence-corrected chi connectivity index (χ4v) is 4.92. The Hall–Kier alpha value is -4.44. The number of nitrogens with one attached hydrogen (secondary N) is 1. The number of aromatic nitrogens is 2. The van der Waals surface area contributed by atoms with Gasteiger partial charge in [0, 0.05) is 29.6 Å². The van der Waals surface area contributed by atoms with E-state index in [1.807, 2.05) is 30.5 Å². The average molecular weight is 503 g/mol. The van der Waals surface area contributed by atoms with Crippen molar-refractivity contribution in [1.29, 1.82) is 0 Å². The third kappa shape index (κ3) is 4.22. The highest BCUT2D eigenvalue weighted by Gasteiger charge is 2.32. The highest BCUT2D eigenvalue weighted by molar-refractivity contribution is 7.09. The molecule has 0 radical (unpaired) electrons. The standard InChI is InChI=1S/C26H22N4O5S/c1-15-16(14-29-9-7-17(12-21(29)31)35-10-8-18-5-3-11-36-18)4-2-6-20(15)30-22(32)13-19-23(24(30)27)26(34)28-25(19)33/h2-7,9,11-13H,8,10,14,27H2,1H3,(H,28,33,34). The van der Waals surface area contributed by atoms with Crippen LogP contribution in [0.2, 0.25) is 0 Å². The van der Waals surface area contributed by atoms with Gasteiger partial charge in [0.1, 0.15) is 11.6 Å². The number of nitrogen functional groups attached to an aromatic ring is 1. The van der Waals surface area contributed by atoms with Gasteiger partial charge in [0.05, 0.1) is 30.0 Å². The van der Waals surface area contributed by atoms with Crippen LogP contribution in [-0.2, 0) is 13.0 Å². The van der Waals surface area contributed by atoms with Crippen molar-refractivity contribution < 1.29 is 14.3 Å². The van der Waals surface area contributed by atoms with E-state index in [-0.39, 0.29) is 29.0 Å². The molecule has 1 aliphatic rings. The van der Waals surface area contributed by atoms with Crippen molar-refractivity contribution in [2.75, 3.05) is 12.3 Å². The largest absolute Gasteiger partial charge is 0.493 e. The van der Waals surface area contributed by atoms with Gasteiger partial charge >= 0.3 is 0 Å². The van der Waals surface area contributed by atoms with Crippen LogP contribution in [0.3, 0.4) is 0 Å². The number of carbonyl (C=O) groups is 2. The van der Waals surface area contributed by atoms with Crippen LogP contribution < -0.4 is 26.9 Å². The van der Waals surface area contributed by atoms with Gasteiger partial charge in [-0.3, -0.25) is 29.1 Å². The zero-order valence-electron chi connectivity index (χ0n) is 19.3. The van der Waals surface area contributed by atoms with Crippen molar-refractivity contribution in [3.05, 3.63) is 108 Å². The summed E-state index contributed by atoms with van der Waals surface area (Å²) in [5.41, 5.74) is 7.34. The van der Waals surface area contributed by atoms with E-state index in [1.54, 1.807) is 40.3 Å². The first-order valence-electron chi connectivity index (χ1n) is 11.2. The molecule has 36 heavy (non-hydrogen) atoms. The molecule has 0 spiro atoms. The molecular weight excluding hydrogens is 480 g/mol. The van der Waals surface area contributed by atoms with Crippen LogP contribution in [0, 0.1) is 6.92 Å². The Balaban J connectivity index is 1.41. The van der Waals surface area contributed by atoms with Gasteiger partial charge in [0.2, 0.25) is 0 Å². The van der Waals surface area contributed by atoms with E-state index in [0.717, 1.165) is 18.1 Å². The minimum absolute atomic E-state index is 0.0183. The molecule has 0 atom stereocenters. The number of hydrogen-bond donors (Lipinski definition) is 2. The summed E-state index contributed by atoms with van der Waals surface area (Å²) >= 11 is 1.66. The fraction of sp³-hybridized carbons (Fsp3) is 0.154. The van der Waals surface area contributed by atoms with E-state index in [9.17, 15) is 19.2 Å². The Bertz CT molecular complexity index is 1620. The summed E-state index contributed by atoms with van der Waals surface area (Å²) in [6, 6.07) is 13.6. The maximum Gasteiger partial charge on any atom is 0.262 e. The Kier molecular flexibility index (Phi) is 6.03. The summed E-state index contributed by atoms with van der Waals surface area (Å²) in [5, 5.41) is 4.17. The molecule has 182 valence electrons. The summed E-state index contributed by atoms with van der Waals surface area (Å²) < 4.78 is 8.48. The lowest BCUT2D eigenvalue weighted by molar-refractivity contribution is 0.0880. The zero-order chi connectivity index (χ0) is 25.4. The molecule has 0 fully saturated rings. The van der Waals surface area contributed by atoms with Crippen molar-refractivity contribution in [2.45, 2.75) is 19.9 Å². The number of carbonyl (C=O) groups excluding carboxylic acids is 2. The van der Waals surface area contributed by atoms with Gasteiger partial charge in [-0.25, -0.2) is 0 Å². The van der Waals surface area contributed by atoms with Crippen LogP contribution in [0.5, 0.6) is 5.75 Å². The van der Waals surface area contributed by atoms with Crippen LogP contribution in [0.15, 0.2) is 69.7 Å². The van der Waals surface area contributed by atoms with Gasteiger partial charge in [-0.15, -0.1) is 11.3 Å². The number of rotatable bonds is 7. The average Bonchev–Trinajstić information content (AvgIpc) is 3.45. The summed E-state index contributed by atoms with van der Waals surface area (Å²) in [6.07, 6.45) is 2.44. The van der Waals surface area contributed by atoms with E-state index >= 15 is 0 Å². The highest BCUT2D eigenvalue weighted by atomic mass is 32.1. The molecule has 0 bridgehead atoms. The predicted octanol–water partition coefficient (Wildman–Crippen LogP) is 2.50. The number of imide groups is 1. The maximum atomic E-state index is 12.9. The Morgan fingerprint density at radius 1 is 1.00 bits per heavy atom. The summed E-state index contributed by atoms with van der Waals surface area (Å²) in [7, 11) is 0. The summed E-state index contributed by atoms with van der Waals surface area (Å²) in [6.45, 7) is 2.54. The number of ether oxygens (including phenoxy) is 1. The maximum absolute atomic E-state index is 12.9. The number of amides is 2. The third-order valence-corrected chi connectivity index (χ3v) is 7.05. The van der Waals surface area contributed by atoms with Gasteiger partial charge in [-0.2, -0.15) is 0 Å². The second-order valence-corrected chi connectivity index (χ2v) is 9.38. The molecule has 10 heteroatoms. The normalized spacial score (nSPS) is 12.5. The van der Waals surface area contributed by atoms with Crippen molar-refractivity contribution >= 4 is 29.0 Å². The van der Waals surface area contributed by atoms with Crippen LogP contribution >= 0.6 is 11.3 Å². The second kappa shape index (κ2) is 9.31. The number of anilines is 1. The molecule has 0 saturated carbocycles. The summed E-state index contributed by atoms with van der Waals surface area (Å²) in [5.74, 6) is -0.889. The quantitative estimate of drug-likeness (QED) is 0.374. The molecule has 2 amide bonds. The van der Waals surface area contributed by atoms with Gasteiger partial charge in [0.25, 0.3) is 22.9 Å². The van der Waals surface area contributed by atoms with Crippen molar-refractivity contribution in [3.8, 4) is 11.4 Å². The smallest absolute Gasteiger partial charge is 0.262 e. The lowest BCUT2D eigenvalue weighted by Gasteiger charge is -2.17. The van der Waals surface area contributed by atoms with Crippen molar-refractivity contribution in [1.82, 2.24) is 14.5 Å². The fourth-order valence-electron chi connectivity index (χ4n) is 4.23. The van der Waals surface area contributed by atoms with Crippen LogP contribution in [-0.4, -0.2) is 27.6 Å². The first-order valence-corrected chi connectivity index (χ1v) is 12.1. The molecule has 4 aromatic rings. The van der Waals surface area contributed by atoms with Crippen molar-refractivity contribution in [2.24, 2.45) is 0 Å². The van der Waals surface area contributed by atoms with Crippen molar-refractivity contribution in [3.63, 3.8) is 0 Å². The highest BCUT2D eigenvalue weighted by Crippen LogP contribution is 2.26. The topological polar surface area (TPSA) is 125 Å². The van der Waals surface area contributed by atoms with Gasteiger partial charge in [-0.1, -0.05) is 18.2 Å². The lowest BCUT2D eigenvalue weighted by Crippen LogP contribution is -2.25. The number of benzene rings is 1. The Morgan fingerprint density at radius 3 is 2.58 bits per heavy atom. The van der Waals surface area contributed by atoms with E-state index in [1.165, 1.54) is 15.5 Å². The lowest BCUT2D eigenvalue weighted by atomic mass is 10.0. The van der Waals surface area contributed by atoms with E-state index in [4.69, 9.17) is 10.5 Å². The number of thiophene rings is 1. The molecule has 4 heterocycles. The number of hydrogen-bond acceptors (Lipinski definition) is 7. The van der Waals surface area contributed by atoms with E-state index in [0.29, 0.717) is 23.6 Å². The first-order chi connectivity index (χ1) is 17.3. The molecule has 0 unspecified atom stereocenters. The van der Waals surface area contributed by atoms with Gasteiger partial charge < -0.3 is 15.0 Å². The van der Waals surface area contributed by atoms with Gasteiger partial charge in [0.15, 0.2) is 0 Å². The molecule has 0 saturated heterocycles. The molecule has 1 aromatic carbocycles. The monoisotopic (exact) mass is 502 g/mol. The molecular formula is C26H22N4O5S. The van der Waals surface area contributed by atoms with Gasteiger partial charge in [-0.05, 0) is 41.6 Å². The minimum Gasteiger partial charge on any atom is -0.493 e. The molecule has 5 rings (SSSR count). The Morgan fingerprint density at radius 2 is 1.83 bits per heavy atom. The molecule has 1 aliphatic heterocycles. The Labute approximate surface area is 209 Å². The predicted molar refractivity (Wildman–Crippen MR) is 136 cm³/mol. The minimum atomic E-state index is -0.644. The first kappa shape index (κ1) is 23.3. The molecule has 3 N–H and O–H groups in total. The molecule has 9 nitrogen and oxygen atoms in total. The molecule has 3 aromatic heterocycles. The zero-order valence-corrected chi connectivity index (χ0v) is 20.1. The van der Waals surface area contributed by atoms with Crippen LogP contribution in [0.1, 0.15) is 36.7 Å². The van der Waals surface area contributed by atoms with Crippen LogP contribution in [0.4, 0.5) is 5.82 Å². The number of pyridine rings is 2. The number of nitrogens with zero attached hydrogens (tertiary/aromatic N) is 2. The van der Waals surface area contributed by atoms with E-state index in [2.05, 4.69) is 5.32 Å². The third-order valence-electron chi connectivity index (χ3n) is 6.12. The van der Waals surface area contributed by atoms with E-state index < -0.39 is 17.4 Å². The number of fused-ring (bicyclic) bond motifs is 1. The summed E-state index contributed by atoms with van der Waals surface area (Å²) in [4.78, 5) is 50.9.